The fourth-order valence-electron chi connectivity index (χ4n) is 2.04. The summed E-state index contributed by atoms with van der Waals surface area (Å²) in [5.41, 5.74) is 6.67. The van der Waals surface area contributed by atoms with Gasteiger partial charge in [-0.3, -0.25) is 4.98 Å². The van der Waals surface area contributed by atoms with Gasteiger partial charge in [0.1, 0.15) is 0 Å². The minimum Gasteiger partial charge on any atom is -0.378 e. The van der Waals surface area contributed by atoms with Gasteiger partial charge in [0, 0.05) is 19.3 Å². The van der Waals surface area contributed by atoms with Gasteiger partial charge in [-0.05, 0) is 12.1 Å². The summed E-state index contributed by atoms with van der Waals surface area (Å²) in [6.07, 6.45) is 1.75. The third-order valence-corrected chi connectivity index (χ3v) is 3.09. The normalized spacial score (nSPS) is 15.0. The van der Waals surface area contributed by atoms with Crippen molar-refractivity contribution in [3.63, 3.8) is 0 Å². The van der Waals surface area contributed by atoms with E-state index in [0.29, 0.717) is 31.7 Å². The first-order valence-electron chi connectivity index (χ1n) is 6.79. The lowest BCUT2D eigenvalue weighted by atomic mass is 10.3. The van der Waals surface area contributed by atoms with Crippen LogP contribution < -0.4 is 16.0 Å². The van der Waals surface area contributed by atoms with Crippen LogP contribution in [0.4, 0.5) is 17.8 Å². The lowest BCUT2D eigenvalue weighted by Gasteiger charge is -2.26. The van der Waals surface area contributed by atoms with Crippen molar-refractivity contribution in [2.75, 3.05) is 42.3 Å². The summed E-state index contributed by atoms with van der Waals surface area (Å²) < 4.78 is 5.32. The average molecular weight is 287 g/mol. The molecule has 1 aliphatic heterocycles. The van der Waals surface area contributed by atoms with Crippen molar-refractivity contribution in [3.05, 3.63) is 30.1 Å². The molecule has 3 heterocycles. The minimum absolute atomic E-state index is 0.204. The lowest BCUT2D eigenvalue weighted by molar-refractivity contribution is 0.122. The van der Waals surface area contributed by atoms with Gasteiger partial charge in [-0.1, -0.05) is 6.07 Å². The molecule has 0 radical (unpaired) electrons. The lowest BCUT2D eigenvalue weighted by Crippen LogP contribution is -2.37. The molecule has 1 fully saturated rings. The number of anilines is 3. The summed E-state index contributed by atoms with van der Waals surface area (Å²) in [5.74, 6) is 1.24. The third-order valence-electron chi connectivity index (χ3n) is 3.09. The quantitative estimate of drug-likeness (QED) is 0.827. The maximum Gasteiger partial charge on any atom is 0.232 e. The Morgan fingerprint density at radius 1 is 1.19 bits per heavy atom. The third kappa shape index (κ3) is 3.54. The molecule has 0 amide bonds. The predicted octanol–water partition coefficient (Wildman–Crippen LogP) is 0.297. The van der Waals surface area contributed by atoms with E-state index >= 15 is 0 Å². The Kier molecular flexibility index (Phi) is 4.06. The highest BCUT2D eigenvalue weighted by Gasteiger charge is 2.15. The van der Waals surface area contributed by atoms with Crippen molar-refractivity contribution in [1.82, 2.24) is 19.9 Å². The second kappa shape index (κ2) is 6.31. The van der Waals surface area contributed by atoms with Crippen LogP contribution in [0, 0.1) is 0 Å². The van der Waals surface area contributed by atoms with E-state index in [1.807, 2.05) is 23.1 Å². The first-order valence-corrected chi connectivity index (χ1v) is 6.79. The molecule has 0 bridgehead atoms. The van der Waals surface area contributed by atoms with Crippen molar-refractivity contribution >= 4 is 17.8 Å². The first kappa shape index (κ1) is 13.5. The Labute approximate surface area is 122 Å². The number of ether oxygens (including phenoxy) is 1. The summed E-state index contributed by atoms with van der Waals surface area (Å²) in [6.45, 7) is 3.38. The van der Waals surface area contributed by atoms with E-state index in [2.05, 4.69) is 25.3 Å². The molecule has 3 rings (SSSR count). The second-order valence-electron chi connectivity index (χ2n) is 4.59. The number of rotatable bonds is 4. The Bertz CT molecular complexity index is 586. The highest BCUT2D eigenvalue weighted by Crippen LogP contribution is 2.13. The molecular formula is C13H17N7O. The van der Waals surface area contributed by atoms with Gasteiger partial charge in [0.05, 0.1) is 25.5 Å². The van der Waals surface area contributed by atoms with Gasteiger partial charge < -0.3 is 20.7 Å². The molecule has 0 spiro atoms. The summed E-state index contributed by atoms with van der Waals surface area (Å²) in [7, 11) is 0. The van der Waals surface area contributed by atoms with Gasteiger partial charge in [-0.15, -0.1) is 0 Å². The van der Waals surface area contributed by atoms with Crippen molar-refractivity contribution in [2.45, 2.75) is 6.54 Å². The first-order chi connectivity index (χ1) is 10.3. The van der Waals surface area contributed by atoms with Crippen LogP contribution >= 0.6 is 0 Å². The van der Waals surface area contributed by atoms with Crippen LogP contribution in [0.3, 0.4) is 0 Å². The predicted molar refractivity (Wildman–Crippen MR) is 78.8 cm³/mol. The van der Waals surface area contributed by atoms with Crippen LogP contribution in [0.1, 0.15) is 5.69 Å². The molecule has 0 saturated carbocycles. The Balaban J connectivity index is 1.71. The molecular weight excluding hydrogens is 270 g/mol. The molecule has 110 valence electrons. The van der Waals surface area contributed by atoms with Gasteiger partial charge in [-0.2, -0.15) is 15.0 Å². The molecule has 1 aliphatic rings. The molecule has 0 aromatic carbocycles. The van der Waals surface area contributed by atoms with Crippen molar-refractivity contribution in [3.8, 4) is 0 Å². The van der Waals surface area contributed by atoms with Crippen LogP contribution in [-0.2, 0) is 11.3 Å². The van der Waals surface area contributed by atoms with Gasteiger partial charge in [0.25, 0.3) is 0 Å². The van der Waals surface area contributed by atoms with E-state index < -0.39 is 0 Å². The monoisotopic (exact) mass is 287 g/mol. The number of pyridine rings is 1. The van der Waals surface area contributed by atoms with Crippen LogP contribution in [0.5, 0.6) is 0 Å². The number of nitrogens with two attached hydrogens (primary N) is 1. The number of aromatic nitrogens is 4. The van der Waals surface area contributed by atoms with E-state index in [-0.39, 0.29) is 5.95 Å². The summed E-state index contributed by atoms with van der Waals surface area (Å²) in [6, 6.07) is 5.74. The number of nitrogens with zero attached hydrogens (tertiary/aromatic N) is 5. The topological polar surface area (TPSA) is 102 Å². The number of nitrogens with one attached hydrogen (secondary N) is 1. The van der Waals surface area contributed by atoms with E-state index in [9.17, 15) is 0 Å². The Morgan fingerprint density at radius 2 is 2.05 bits per heavy atom. The number of morpholine rings is 1. The summed E-state index contributed by atoms with van der Waals surface area (Å²) >= 11 is 0. The number of nitrogen functional groups attached to an aromatic ring is 1. The average Bonchev–Trinajstić information content (AvgIpc) is 2.54. The molecule has 8 nitrogen and oxygen atoms in total. The molecule has 3 N–H and O–H groups in total. The molecule has 21 heavy (non-hydrogen) atoms. The molecule has 0 atom stereocenters. The van der Waals surface area contributed by atoms with Gasteiger partial charge in [0.2, 0.25) is 17.8 Å². The zero-order chi connectivity index (χ0) is 14.5. The zero-order valence-corrected chi connectivity index (χ0v) is 11.6. The van der Waals surface area contributed by atoms with Gasteiger partial charge in [0.15, 0.2) is 0 Å². The second-order valence-corrected chi connectivity index (χ2v) is 4.59. The highest BCUT2D eigenvalue weighted by atomic mass is 16.5. The van der Waals surface area contributed by atoms with Gasteiger partial charge in [-0.25, -0.2) is 0 Å². The minimum atomic E-state index is 0.204. The largest absolute Gasteiger partial charge is 0.378 e. The van der Waals surface area contributed by atoms with Crippen LogP contribution in [0.15, 0.2) is 24.4 Å². The van der Waals surface area contributed by atoms with E-state index in [0.717, 1.165) is 18.8 Å². The maximum absolute atomic E-state index is 5.76. The van der Waals surface area contributed by atoms with Crippen LogP contribution in [-0.4, -0.2) is 46.2 Å². The van der Waals surface area contributed by atoms with E-state index in [1.165, 1.54) is 0 Å². The van der Waals surface area contributed by atoms with Crippen molar-refractivity contribution in [2.24, 2.45) is 0 Å². The summed E-state index contributed by atoms with van der Waals surface area (Å²) in [4.78, 5) is 19.0. The van der Waals surface area contributed by atoms with Crippen LogP contribution in [0.2, 0.25) is 0 Å². The van der Waals surface area contributed by atoms with Crippen LogP contribution in [0.25, 0.3) is 0 Å². The SMILES string of the molecule is Nc1nc(NCc2ccccn2)nc(N2CCOCC2)n1. The number of hydrogen-bond acceptors (Lipinski definition) is 8. The standard InChI is InChI=1S/C13H17N7O/c14-11-17-12(16-9-10-3-1-2-4-15-10)19-13(18-11)20-5-7-21-8-6-20/h1-4H,5-9H2,(H3,14,16,17,18,19). The molecule has 0 unspecified atom stereocenters. The van der Waals surface area contributed by atoms with Gasteiger partial charge >= 0.3 is 0 Å². The molecule has 2 aromatic heterocycles. The fourth-order valence-corrected chi connectivity index (χ4v) is 2.04. The molecule has 0 aliphatic carbocycles. The molecule has 8 heteroatoms. The maximum atomic E-state index is 5.76. The van der Waals surface area contributed by atoms with E-state index in [1.54, 1.807) is 6.20 Å². The highest BCUT2D eigenvalue weighted by molar-refractivity contribution is 5.42. The zero-order valence-electron chi connectivity index (χ0n) is 11.6. The Morgan fingerprint density at radius 3 is 2.81 bits per heavy atom. The Hall–Kier alpha value is -2.48. The summed E-state index contributed by atoms with van der Waals surface area (Å²) in [5, 5.41) is 3.12. The smallest absolute Gasteiger partial charge is 0.232 e. The van der Waals surface area contributed by atoms with Crippen molar-refractivity contribution in [1.29, 1.82) is 0 Å². The molecule has 1 saturated heterocycles. The fraction of sp³-hybridized carbons (Fsp3) is 0.385. The molecule has 2 aromatic rings. The number of hydrogen-bond donors (Lipinski definition) is 2. The van der Waals surface area contributed by atoms with Crippen molar-refractivity contribution < 1.29 is 4.74 Å². The van der Waals surface area contributed by atoms with E-state index in [4.69, 9.17) is 10.5 Å².